The van der Waals surface area contributed by atoms with Gasteiger partial charge in [0, 0.05) is 23.6 Å². The van der Waals surface area contributed by atoms with E-state index in [2.05, 4.69) is 25.1 Å². The second-order valence-electron chi connectivity index (χ2n) is 6.88. The van der Waals surface area contributed by atoms with Crippen LogP contribution in [0.5, 0.6) is 0 Å². The third-order valence-corrected chi connectivity index (χ3v) is 5.06. The van der Waals surface area contributed by atoms with Gasteiger partial charge in [0.25, 0.3) is 0 Å². The summed E-state index contributed by atoms with van der Waals surface area (Å²) in [5.74, 6) is -1.80. The van der Waals surface area contributed by atoms with Crippen molar-refractivity contribution in [3.05, 3.63) is 82.7 Å². The summed E-state index contributed by atoms with van der Waals surface area (Å²) < 4.78 is 42.2. The van der Waals surface area contributed by atoms with E-state index in [0.29, 0.717) is 12.0 Å². The Bertz CT molecular complexity index is 969. The Morgan fingerprint density at radius 3 is 2.23 bits per heavy atom. The highest BCUT2D eigenvalue weighted by atomic mass is 19.1. The first kappa shape index (κ1) is 16.9. The highest BCUT2D eigenvalue weighted by Crippen LogP contribution is 2.41. The molecule has 0 radical (unpaired) electrons. The van der Waals surface area contributed by atoms with Gasteiger partial charge in [-0.15, -0.1) is 0 Å². The molecule has 3 aromatic rings. The van der Waals surface area contributed by atoms with Crippen LogP contribution in [0.4, 0.5) is 13.2 Å². The van der Waals surface area contributed by atoms with Crippen LogP contribution in [0.1, 0.15) is 36.5 Å². The number of rotatable bonds is 4. The molecule has 0 aromatic heterocycles. The number of unbranched alkanes of at least 4 members (excludes halogenated alkanes) is 1. The highest BCUT2D eigenvalue weighted by Gasteiger charge is 2.24. The summed E-state index contributed by atoms with van der Waals surface area (Å²) in [5.41, 5.74) is 5.39. The maximum absolute atomic E-state index is 15.1. The molecule has 3 heteroatoms. The highest BCUT2D eigenvalue weighted by molar-refractivity contribution is 5.81. The van der Waals surface area contributed by atoms with Gasteiger partial charge in [-0.25, -0.2) is 13.2 Å². The SMILES string of the molecule is CCCCc1ccc2c(c1)Cc1c-2ccc(-c2cc(F)cc(F)c2)c1F. The Labute approximate surface area is 151 Å². The maximum Gasteiger partial charge on any atom is 0.135 e. The van der Waals surface area contributed by atoms with E-state index >= 15 is 4.39 Å². The first-order valence-corrected chi connectivity index (χ1v) is 8.97. The Balaban J connectivity index is 1.75. The Morgan fingerprint density at radius 1 is 0.808 bits per heavy atom. The fourth-order valence-corrected chi connectivity index (χ4v) is 3.76. The number of halogens is 3. The molecule has 0 heterocycles. The molecule has 3 aromatic carbocycles. The van der Waals surface area contributed by atoms with E-state index in [1.807, 2.05) is 6.07 Å². The molecule has 0 atom stereocenters. The third kappa shape index (κ3) is 2.92. The molecule has 1 aliphatic carbocycles. The van der Waals surface area contributed by atoms with E-state index in [1.165, 1.54) is 17.7 Å². The molecule has 0 fully saturated rings. The van der Waals surface area contributed by atoms with Gasteiger partial charge in [0.05, 0.1) is 0 Å². The quantitative estimate of drug-likeness (QED) is 0.384. The minimum absolute atomic E-state index is 0.224. The first-order valence-electron chi connectivity index (χ1n) is 8.97. The van der Waals surface area contributed by atoms with Crippen LogP contribution in [-0.4, -0.2) is 0 Å². The zero-order chi connectivity index (χ0) is 18.3. The van der Waals surface area contributed by atoms with Gasteiger partial charge >= 0.3 is 0 Å². The smallest absolute Gasteiger partial charge is 0.135 e. The van der Waals surface area contributed by atoms with E-state index in [0.717, 1.165) is 42.0 Å². The lowest BCUT2D eigenvalue weighted by atomic mass is 9.97. The fourth-order valence-electron chi connectivity index (χ4n) is 3.76. The van der Waals surface area contributed by atoms with Crippen molar-refractivity contribution in [3.8, 4) is 22.3 Å². The molecule has 0 nitrogen and oxygen atoms in total. The normalized spacial score (nSPS) is 12.2. The average Bonchev–Trinajstić information content (AvgIpc) is 2.98. The zero-order valence-corrected chi connectivity index (χ0v) is 14.6. The molecule has 1 aliphatic rings. The van der Waals surface area contributed by atoms with Crippen molar-refractivity contribution >= 4 is 0 Å². The molecule has 4 rings (SSSR count). The van der Waals surface area contributed by atoms with Crippen LogP contribution in [0.15, 0.2) is 48.5 Å². The number of benzene rings is 3. The van der Waals surface area contributed by atoms with E-state index in [1.54, 1.807) is 6.07 Å². The maximum atomic E-state index is 15.1. The van der Waals surface area contributed by atoms with Gasteiger partial charge < -0.3 is 0 Å². The van der Waals surface area contributed by atoms with Crippen molar-refractivity contribution in [1.82, 2.24) is 0 Å². The summed E-state index contributed by atoms with van der Waals surface area (Å²) in [5, 5.41) is 0. The van der Waals surface area contributed by atoms with Gasteiger partial charge in [-0.1, -0.05) is 43.7 Å². The van der Waals surface area contributed by atoms with Crippen molar-refractivity contribution in [1.29, 1.82) is 0 Å². The predicted octanol–water partition coefficient (Wildman–Crippen LogP) is 6.68. The summed E-state index contributed by atoms with van der Waals surface area (Å²) in [6, 6.07) is 12.9. The Kier molecular flexibility index (Phi) is 4.31. The van der Waals surface area contributed by atoms with Crippen LogP contribution >= 0.6 is 0 Å². The van der Waals surface area contributed by atoms with Gasteiger partial charge in [-0.2, -0.15) is 0 Å². The lowest BCUT2D eigenvalue weighted by Gasteiger charge is -2.09. The number of hydrogen-bond donors (Lipinski definition) is 0. The predicted molar refractivity (Wildman–Crippen MR) is 98.6 cm³/mol. The summed E-state index contributed by atoms with van der Waals surface area (Å²) in [4.78, 5) is 0. The van der Waals surface area contributed by atoms with Crippen molar-refractivity contribution in [3.63, 3.8) is 0 Å². The minimum Gasteiger partial charge on any atom is -0.207 e. The van der Waals surface area contributed by atoms with Crippen LogP contribution in [0.3, 0.4) is 0 Å². The van der Waals surface area contributed by atoms with Gasteiger partial charge in [0.2, 0.25) is 0 Å². The summed E-state index contributed by atoms with van der Waals surface area (Å²) >= 11 is 0. The molecule has 26 heavy (non-hydrogen) atoms. The number of aryl methyl sites for hydroxylation is 1. The summed E-state index contributed by atoms with van der Waals surface area (Å²) in [7, 11) is 0. The van der Waals surface area contributed by atoms with Crippen LogP contribution in [0, 0.1) is 17.5 Å². The van der Waals surface area contributed by atoms with Gasteiger partial charge in [0.15, 0.2) is 0 Å². The number of hydrogen-bond acceptors (Lipinski definition) is 0. The Hall–Kier alpha value is -2.55. The van der Waals surface area contributed by atoms with Crippen molar-refractivity contribution in [2.75, 3.05) is 0 Å². The fraction of sp³-hybridized carbons (Fsp3) is 0.217. The van der Waals surface area contributed by atoms with Crippen LogP contribution in [-0.2, 0) is 12.8 Å². The molecular weight excluding hydrogens is 333 g/mol. The van der Waals surface area contributed by atoms with Gasteiger partial charge in [-0.05, 0) is 52.8 Å². The molecular formula is C23H19F3. The van der Waals surface area contributed by atoms with Gasteiger partial charge in [0.1, 0.15) is 17.5 Å². The molecule has 0 spiro atoms. The first-order chi connectivity index (χ1) is 12.6. The largest absolute Gasteiger partial charge is 0.207 e. The van der Waals surface area contributed by atoms with Crippen LogP contribution in [0.2, 0.25) is 0 Å². The number of fused-ring (bicyclic) bond motifs is 3. The average molecular weight is 352 g/mol. The molecule has 0 aliphatic heterocycles. The lowest BCUT2D eigenvalue weighted by molar-refractivity contribution is 0.583. The van der Waals surface area contributed by atoms with Crippen LogP contribution in [0.25, 0.3) is 22.3 Å². The van der Waals surface area contributed by atoms with Crippen molar-refractivity contribution < 1.29 is 13.2 Å². The van der Waals surface area contributed by atoms with Crippen molar-refractivity contribution in [2.24, 2.45) is 0 Å². The van der Waals surface area contributed by atoms with E-state index in [4.69, 9.17) is 0 Å². The molecule has 132 valence electrons. The van der Waals surface area contributed by atoms with E-state index in [9.17, 15) is 8.78 Å². The summed E-state index contributed by atoms with van der Waals surface area (Å²) in [6.07, 6.45) is 3.81. The molecule has 0 saturated heterocycles. The molecule has 0 unspecified atom stereocenters. The van der Waals surface area contributed by atoms with Gasteiger partial charge in [-0.3, -0.25) is 0 Å². The monoisotopic (exact) mass is 352 g/mol. The third-order valence-electron chi connectivity index (χ3n) is 5.06. The van der Waals surface area contributed by atoms with E-state index < -0.39 is 11.6 Å². The Morgan fingerprint density at radius 2 is 1.50 bits per heavy atom. The summed E-state index contributed by atoms with van der Waals surface area (Å²) in [6.45, 7) is 2.16. The molecule has 0 N–H and O–H groups in total. The van der Waals surface area contributed by atoms with E-state index in [-0.39, 0.29) is 16.9 Å². The second kappa shape index (κ2) is 6.64. The van der Waals surface area contributed by atoms with Crippen LogP contribution < -0.4 is 0 Å². The molecule has 0 amide bonds. The zero-order valence-electron chi connectivity index (χ0n) is 14.6. The topological polar surface area (TPSA) is 0 Å². The lowest BCUT2D eigenvalue weighted by Crippen LogP contribution is -1.94. The standard InChI is InChI=1S/C23H19F3/c1-2-3-4-14-5-6-19-15(9-14)12-22-21(19)8-7-20(23(22)26)16-10-17(24)13-18(25)11-16/h5-11,13H,2-4,12H2,1H3. The molecule has 0 bridgehead atoms. The minimum atomic E-state index is -0.705. The second-order valence-corrected chi connectivity index (χ2v) is 6.88. The molecule has 0 saturated carbocycles. The van der Waals surface area contributed by atoms with Crippen molar-refractivity contribution in [2.45, 2.75) is 32.6 Å².